The summed E-state index contributed by atoms with van der Waals surface area (Å²) in [5, 5.41) is 10.5. The third kappa shape index (κ3) is 3.16. The van der Waals surface area contributed by atoms with Gasteiger partial charge in [-0.3, -0.25) is 9.59 Å². The molecule has 4 rings (SSSR count). The molecule has 1 amide bonds. The van der Waals surface area contributed by atoms with Crippen LogP contribution in [0.3, 0.4) is 0 Å². The number of hydrogen-bond donors (Lipinski definition) is 0. The van der Waals surface area contributed by atoms with Crippen LogP contribution in [-0.4, -0.2) is 43.3 Å². The van der Waals surface area contributed by atoms with Gasteiger partial charge in [-0.1, -0.05) is 19.9 Å². The topological polar surface area (TPSA) is 72.5 Å². The fraction of sp³-hybridized carbons (Fsp3) is 0.444. The quantitative estimate of drug-likeness (QED) is 0.707. The molecular formula is C18H21N5O2S. The lowest BCUT2D eigenvalue weighted by Crippen LogP contribution is -2.45. The van der Waals surface area contributed by atoms with Gasteiger partial charge in [-0.2, -0.15) is 10.2 Å². The molecule has 7 nitrogen and oxygen atoms in total. The molecule has 1 saturated heterocycles. The summed E-state index contributed by atoms with van der Waals surface area (Å²) in [5.41, 5.74) is 0.868. The van der Waals surface area contributed by atoms with Gasteiger partial charge in [-0.15, -0.1) is 11.3 Å². The SMILES string of the molecule is C[C@@H]1C[C@@H](C)CN(C(=O)Cn2ncn3nc(-c4cccs4)cc3c2=O)C1. The normalized spacial score (nSPS) is 20.6. The number of nitrogens with zero attached hydrogens (tertiary/aromatic N) is 5. The number of hydrogen-bond acceptors (Lipinski definition) is 5. The van der Waals surface area contributed by atoms with E-state index < -0.39 is 0 Å². The number of amides is 1. The van der Waals surface area contributed by atoms with Crippen LogP contribution in [0.4, 0.5) is 0 Å². The largest absolute Gasteiger partial charge is 0.341 e. The molecule has 26 heavy (non-hydrogen) atoms. The predicted octanol–water partition coefficient (Wildman–Crippen LogP) is 2.12. The Labute approximate surface area is 154 Å². The number of rotatable bonds is 3. The third-order valence-electron chi connectivity index (χ3n) is 4.77. The average molecular weight is 371 g/mol. The van der Waals surface area contributed by atoms with Crippen molar-refractivity contribution in [2.24, 2.45) is 11.8 Å². The zero-order valence-corrected chi connectivity index (χ0v) is 15.6. The number of thiophene rings is 1. The van der Waals surface area contributed by atoms with Crippen molar-refractivity contribution in [2.45, 2.75) is 26.8 Å². The molecule has 0 spiro atoms. The second kappa shape index (κ2) is 6.68. The summed E-state index contributed by atoms with van der Waals surface area (Å²) in [7, 11) is 0. The smallest absolute Gasteiger partial charge is 0.293 e. The van der Waals surface area contributed by atoms with Gasteiger partial charge in [0.1, 0.15) is 24.1 Å². The van der Waals surface area contributed by atoms with E-state index in [1.165, 1.54) is 15.5 Å². The highest BCUT2D eigenvalue weighted by molar-refractivity contribution is 7.13. The van der Waals surface area contributed by atoms with E-state index in [-0.39, 0.29) is 18.0 Å². The lowest BCUT2D eigenvalue weighted by molar-refractivity contribution is -0.134. The third-order valence-corrected chi connectivity index (χ3v) is 5.66. The molecule has 0 N–H and O–H groups in total. The molecule has 0 aliphatic carbocycles. The number of carbonyl (C=O) groups excluding carboxylic acids is 1. The zero-order chi connectivity index (χ0) is 18.3. The summed E-state index contributed by atoms with van der Waals surface area (Å²) in [4.78, 5) is 28.2. The molecule has 4 heterocycles. The molecule has 3 aromatic rings. The van der Waals surface area contributed by atoms with E-state index in [0.29, 0.717) is 17.4 Å². The van der Waals surface area contributed by atoms with Crippen molar-refractivity contribution in [3.8, 4) is 10.6 Å². The molecule has 3 aromatic heterocycles. The second-order valence-corrected chi connectivity index (χ2v) is 8.12. The van der Waals surface area contributed by atoms with Crippen molar-refractivity contribution in [3.05, 3.63) is 40.3 Å². The van der Waals surface area contributed by atoms with Crippen molar-refractivity contribution in [1.82, 2.24) is 24.3 Å². The molecule has 0 radical (unpaired) electrons. The van der Waals surface area contributed by atoms with Gasteiger partial charge in [0, 0.05) is 13.1 Å². The van der Waals surface area contributed by atoms with Gasteiger partial charge in [-0.05, 0) is 35.8 Å². The number of likely N-dealkylation sites (tertiary alicyclic amines) is 1. The minimum Gasteiger partial charge on any atom is -0.341 e. The molecule has 0 saturated carbocycles. The van der Waals surface area contributed by atoms with Crippen LogP contribution in [0, 0.1) is 11.8 Å². The van der Waals surface area contributed by atoms with Gasteiger partial charge in [0.15, 0.2) is 0 Å². The highest BCUT2D eigenvalue weighted by Crippen LogP contribution is 2.23. The maximum atomic E-state index is 12.7. The van der Waals surface area contributed by atoms with Crippen LogP contribution in [0.2, 0.25) is 0 Å². The van der Waals surface area contributed by atoms with Gasteiger partial charge in [0.25, 0.3) is 5.56 Å². The van der Waals surface area contributed by atoms with Crippen molar-refractivity contribution in [2.75, 3.05) is 13.1 Å². The monoisotopic (exact) mass is 371 g/mol. The number of aromatic nitrogens is 4. The van der Waals surface area contributed by atoms with Gasteiger partial charge in [0.2, 0.25) is 5.91 Å². The summed E-state index contributed by atoms with van der Waals surface area (Å²) < 4.78 is 2.71. The second-order valence-electron chi connectivity index (χ2n) is 7.18. The lowest BCUT2D eigenvalue weighted by Gasteiger charge is -2.35. The number of piperidine rings is 1. The molecular weight excluding hydrogens is 350 g/mol. The molecule has 1 fully saturated rings. The number of carbonyl (C=O) groups is 1. The Hall–Kier alpha value is -2.48. The minimum absolute atomic E-state index is 0.0334. The van der Waals surface area contributed by atoms with Crippen LogP contribution >= 0.6 is 11.3 Å². The van der Waals surface area contributed by atoms with E-state index in [4.69, 9.17) is 0 Å². The molecule has 136 valence electrons. The Morgan fingerprint density at radius 2 is 2.08 bits per heavy atom. The summed E-state index contributed by atoms with van der Waals surface area (Å²) >= 11 is 1.57. The fourth-order valence-electron chi connectivity index (χ4n) is 3.69. The Bertz CT molecular complexity index is 981. The van der Waals surface area contributed by atoms with Gasteiger partial charge < -0.3 is 4.90 Å². The Kier molecular flexibility index (Phi) is 4.36. The highest BCUT2D eigenvalue weighted by Gasteiger charge is 2.26. The van der Waals surface area contributed by atoms with Crippen LogP contribution < -0.4 is 5.56 Å². The molecule has 1 aliphatic rings. The van der Waals surface area contributed by atoms with E-state index in [1.54, 1.807) is 17.4 Å². The molecule has 2 atom stereocenters. The predicted molar refractivity (Wildman–Crippen MR) is 100 cm³/mol. The number of fused-ring (bicyclic) bond motifs is 1. The molecule has 0 unspecified atom stereocenters. The first kappa shape index (κ1) is 17.0. The standard InChI is InChI=1S/C18H21N5O2S/c1-12-6-13(2)9-21(8-12)17(24)10-22-18(25)15-7-14(16-4-3-5-26-16)20-23(15)11-19-22/h3-5,7,11-13H,6,8-10H2,1-2H3/t12-,13-/m1/s1. The Morgan fingerprint density at radius 3 is 2.77 bits per heavy atom. The van der Waals surface area contributed by atoms with Gasteiger partial charge >= 0.3 is 0 Å². The zero-order valence-electron chi connectivity index (χ0n) is 14.8. The van der Waals surface area contributed by atoms with Crippen LogP contribution in [-0.2, 0) is 11.3 Å². The van der Waals surface area contributed by atoms with Crippen molar-refractivity contribution >= 4 is 22.8 Å². The Balaban J connectivity index is 1.60. The molecule has 0 bridgehead atoms. The van der Waals surface area contributed by atoms with Crippen LogP contribution in [0.25, 0.3) is 16.1 Å². The summed E-state index contributed by atoms with van der Waals surface area (Å²) in [6.07, 6.45) is 2.62. The van der Waals surface area contributed by atoms with E-state index in [0.717, 1.165) is 30.1 Å². The first-order valence-corrected chi connectivity index (χ1v) is 9.66. The maximum absolute atomic E-state index is 12.7. The van der Waals surface area contributed by atoms with E-state index in [2.05, 4.69) is 24.0 Å². The Morgan fingerprint density at radius 1 is 1.31 bits per heavy atom. The van der Waals surface area contributed by atoms with Crippen molar-refractivity contribution < 1.29 is 4.79 Å². The lowest BCUT2D eigenvalue weighted by atomic mass is 9.92. The summed E-state index contributed by atoms with van der Waals surface area (Å²) in [6, 6.07) is 5.66. The highest BCUT2D eigenvalue weighted by atomic mass is 32.1. The van der Waals surface area contributed by atoms with Crippen LogP contribution in [0.15, 0.2) is 34.7 Å². The van der Waals surface area contributed by atoms with Gasteiger partial charge in [-0.25, -0.2) is 9.20 Å². The average Bonchev–Trinajstić information content (AvgIpc) is 3.25. The molecule has 0 aromatic carbocycles. The minimum atomic E-state index is -0.297. The van der Waals surface area contributed by atoms with Crippen LogP contribution in [0.1, 0.15) is 20.3 Å². The van der Waals surface area contributed by atoms with E-state index >= 15 is 0 Å². The van der Waals surface area contributed by atoms with E-state index in [9.17, 15) is 9.59 Å². The van der Waals surface area contributed by atoms with Crippen molar-refractivity contribution in [1.29, 1.82) is 0 Å². The summed E-state index contributed by atoms with van der Waals surface area (Å²) in [6.45, 7) is 5.77. The summed E-state index contributed by atoms with van der Waals surface area (Å²) in [5.74, 6) is 0.913. The maximum Gasteiger partial charge on any atom is 0.293 e. The molecule has 1 aliphatic heterocycles. The van der Waals surface area contributed by atoms with Gasteiger partial charge in [0.05, 0.1) is 4.88 Å². The first-order chi connectivity index (χ1) is 12.5. The van der Waals surface area contributed by atoms with Crippen molar-refractivity contribution in [3.63, 3.8) is 0 Å². The molecule has 8 heteroatoms. The van der Waals surface area contributed by atoms with Crippen LogP contribution in [0.5, 0.6) is 0 Å². The first-order valence-electron chi connectivity index (χ1n) is 8.78. The van der Waals surface area contributed by atoms with E-state index in [1.807, 2.05) is 22.4 Å². The fourth-order valence-corrected chi connectivity index (χ4v) is 4.37.